The molecule has 0 spiro atoms. The molecule has 3 N–H and O–H groups in total. The molecule has 0 atom stereocenters. The van der Waals surface area contributed by atoms with Crippen molar-refractivity contribution in [2.75, 3.05) is 0 Å². The molecule has 1 aliphatic rings. The Labute approximate surface area is 83.5 Å². The largest absolute Gasteiger partial charge is 0.464 e. The van der Waals surface area contributed by atoms with E-state index in [-0.39, 0.29) is 6.15 Å². The third-order valence-electron chi connectivity index (χ3n) is 2.92. The Balaban J connectivity index is 0.000000750. The van der Waals surface area contributed by atoms with Crippen LogP contribution >= 0.6 is 0 Å². The van der Waals surface area contributed by atoms with Gasteiger partial charge in [-0.1, -0.05) is 0 Å². The molecule has 2 heteroatoms. The van der Waals surface area contributed by atoms with Crippen LogP contribution < -0.4 is 6.15 Å². The molecule has 0 saturated carbocycles. The summed E-state index contributed by atoms with van der Waals surface area (Å²) in [6.07, 6.45) is 6.92. The molecule has 0 fully saturated rings. The van der Waals surface area contributed by atoms with Crippen molar-refractivity contribution in [3.8, 4) is 0 Å². The first-order valence-corrected chi connectivity index (χ1v) is 4.92. The fraction of sp³-hybridized carbons (Fsp3) is 0.333. The molecule has 0 amide bonds. The predicted octanol–water partition coefficient (Wildman–Crippen LogP) is 3.47. The quantitative estimate of drug-likeness (QED) is 0.689. The zero-order valence-electron chi connectivity index (χ0n) is 8.25. The summed E-state index contributed by atoms with van der Waals surface area (Å²) in [7, 11) is 0. The normalized spacial score (nSPS) is 14.9. The van der Waals surface area contributed by atoms with Crippen LogP contribution in [0.2, 0.25) is 0 Å². The van der Waals surface area contributed by atoms with Crippen LogP contribution in [0, 0.1) is 0 Å². The van der Waals surface area contributed by atoms with Crippen LogP contribution in [0.5, 0.6) is 0 Å². The summed E-state index contributed by atoms with van der Waals surface area (Å²) in [5.41, 5.74) is 4.06. The third kappa shape index (κ3) is 1.32. The van der Waals surface area contributed by atoms with Gasteiger partial charge in [0.25, 0.3) is 0 Å². The highest BCUT2D eigenvalue weighted by atomic mass is 16.3. The number of fused-ring (bicyclic) bond motifs is 2. The van der Waals surface area contributed by atoms with Gasteiger partial charge in [-0.05, 0) is 55.0 Å². The maximum Gasteiger partial charge on any atom is 0.134 e. The van der Waals surface area contributed by atoms with Gasteiger partial charge >= 0.3 is 0 Å². The van der Waals surface area contributed by atoms with Crippen molar-refractivity contribution in [1.29, 1.82) is 0 Å². The standard InChI is InChI=1S/C12H12O.H3N/c1-2-4-10-8-12-11(5-6-13-12)7-9(10)3-1;/h5-8H,1-4H2;1H3. The summed E-state index contributed by atoms with van der Waals surface area (Å²) in [6.45, 7) is 0. The molecule has 0 aliphatic heterocycles. The van der Waals surface area contributed by atoms with E-state index in [1.807, 2.05) is 6.07 Å². The number of furan rings is 1. The fourth-order valence-electron chi connectivity index (χ4n) is 2.20. The van der Waals surface area contributed by atoms with Gasteiger partial charge in [-0.2, -0.15) is 0 Å². The molecule has 0 radical (unpaired) electrons. The highest BCUT2D eigenvalue weighted by molar-refractivity contribution is 5.79. The Morgan fingerprint density at radius 2 is 1.71 bits per heavy atom. The van der Waals surface area contributed by atoms with Gasteiger partial charge in [-0.25, -0.2) is 0 Å². The van der Waals surface area contributed by atoms with Crippen molar-refractivity contribution < 1.29 is 4.42 Å². The van der Waals surface area contributed by atoms with Gasteiger partial charge in [0.1, 0.15) is 5.58 Å². The number of benzene rings is 1. The summed E-state index contributed by atoms with van der Waals surface area (Å²) in [4.78, 5) is 0. The van der Waals surface area contributed by atoms with E-state index >= 15 is 0 Å². The predicted molar refractivity (Wildman–Crippen MR) is 57.9 cm³/mol. The van der Waals surface area contributed by atoms with Crippen LogP contribution in [0.1, 0.15) is 24.0 Å². The topological polar surface area (TPSA) is 48.1 Å². The number of aryl methyl sites for hydroxylation is 2. The van der Waals surface area contributed by atoms with Crippen LogP contribution in [-0.2, 0) is 12.8 Å². The second kappa shape index (κ2) is 3.46. The lowest BCUT2D eigenvalue weighted by Crippen LogP contribution is -2.01. The summed E-state index contributed by atoms with van der Waals surface area (Å²) >= 11 is 0. The molecule has 0 unspecified atom stereocenters. The average molecular weight is 189 g/mol. The second-order valence-corrected chi connectivity index (χ2v) is 3.79. The van der Waals surface area contributed by atoms with Crippen LogP contribution in [0.25, 0.3) is 11.0 Å². The second-order valence-electron chi connectivity index (χ2n) is 3.79. The molecule has 1 aliphatic carbocycles. The van der Waals surface area contributed by atoms with Crippen molar-refractivity contribution in [3.63, 3.8) is 0 Å². The van der Waals surface area contributed by atoms with Crippen molar-refractivity contribution in [1.82, 2.24) is 6.15 Å². The lowest BCUT2D eigenvalue weighted by molar-refractivity contribution is 0.613. The first kappa shape index (κ1) is 9.28. The highest BCUT2D eigenvalue weighted by Crippen LogP contribution is 2.26. The maximum atomic E-state index is 5.38. The van der Waals surface area contributed by atoms with E-state index in [2.05, 4.69) is 12.1 Å². The van der Waals surface area contributed by atoms with Gasteiger partial charge in [0.2, 0.25) is 0 Å². The van der Waals surface area contributed by atoms with E-state index in [1.165, 1.54) is 42.2 Å². The van der Waals surface area contributed by atoms with Gasteiger partial charge in [0.15, 0.2) is 0 Å². The lowest BCUT2D eigenvalue weighted by atomic mass is 9.91. The molecular weight excluding hydrogens is 174 g/mol. The van der Waals surface area contributed by atoms with Crippen molar-refractivity contribution in [3.05, 3.63) is 35.6 Å². The van der Waals surface area contributed by atoms with Crippen molar-refractivity contribution in [2.45, 2.75) is 25.7 Å². The molecule has 74 valence electrons. The van der Waals surface area contributed by atoms with Gasteiger partial charge in [0.05, 0.1) is 6.26 Å². The number of rotatable bonds is 0. The highest BCUT2D eigenvalue weighted by Gasteiger charge is 2.10. The van der Waals surface area contributed by atoms with Crippen molar-refractivity contribution in [2.24, 2.45) is 0 Å². The van der Waals surface area contributed by atoms with E-state index in [4.69, 9.17) is 4.42 Å². The molecule has 14 heavy (non-hydrogen) atoms. The fourth-order valence-corrected chi connectivity index (χ4v) is 2.20. The molecule has 0 saturated heterocycles. The molecule has 1 aromatic heterocycles. The van der Waals surface area contributed by atoms with E-state index in [0.717, 1.165) is 5.58 Å². The van der Waals surface area contributed by atoms with E-state index in [0.29, 0.717) is 0 Å². The Kier molecular flexibility index (Phi) is 2.30. The first-order valence-electron chi connectivity index (χ1n) is 4.92. The minimum Gasteiger partial charge on any atom is -0.464 e. The smallest absolute Gasteiger partial charge is 0.134 e. The Hall–Kier alpha value is -1.28. The molecule has 1 aromatic carbocycles. The Morgan fingerprint density at radius 1 is 1.00 bits per heavy atom. The van der Waals surface area contributed by atoms with Gasteiger partial charge in [-0.15, -0.1) is 0 Å². The van der Waals surface area contributed by atoms with Gasteiger partial charge in [-0.3, -0.25) is 0 Å². The van der Waals surface area contributed by atoms with E-state index in [9.17, 15) is 0 Å². The average Bonchev–Trinajstić information content (AvgIpc) is 2.61. The molecule has 3 rings (SSSR count). The molecule has 0 bridgehead atoms. The van der Waals surface area contributed by atoms with E-state index < -0.39 is 0 Å². The maximum absolute atomic E-state index is 5.38. The Bertz CT molecular complexity index is 405. The minimum absolute atomic E-state index is 0. The molecule has 2 aromatic rings. The van der Waals surface area contributed by atoms with Crippen LogP contribution in [-0.4, -0.2) is 0 Å². The molecule has 2 nitrogen and oxygen atoms in total. The van der Waals surface area contributed by atoms with Gasteiger partial charge in [0, 0.05) is 5.39 Å². The summed E-state index contributed by atoms with van der Waals surface area (Å²) < 4.78 is 5.38. The van der Waals surface area contributed by atoms with Crippen LogP contribution in [0.3, 0.4) is 0 Å². The third-order valence-corrected chi connectivity index (χ3v) is 2.92. The van der Waals surface area contributed by atoms with Crippen molar-refractivity contribution >= 4 is 11.0 Å². The summed E-state index contributed by atoms with van der Waals surface area (Å²) in [5.74, 6) is 0. The molecule has 1 heterocycles. The monoisotopic (exact) mass is 189 g/mol. The first-order chi connectivity index (χ1) is 6.43. The zero-order chi connectivity index (χ0) is 8.67. The molecular formula is C12H15NO. The van der Waals surface area contributed by atoms with E-state index in [1.54, 1.807) is 6.26 Å². The number of hydrogen-bond acceptors (Lipinski definition) is 2. The summed E-state index contributed by atoms with van der Waals surface area (Å²) in [6, 6.07) is 6.54. The Morgan fingerprint density at radius 3 is 2.50 bits per heavy atom. The van der Waals surface area contributed by atoms with Crippen LogP contribution in [0.15, 0.2) is 28.9 Å². The SMILES string of the molecule is N.c1cc2cc3c(cc2o1)CCCC3. The number of hydrogen-bond donors (Lipinski definition) is 1. The minimum atomic E-state index is 0. The lowest BCUT2D eigenvalue weighted by Gasteiger charge is -2.14. The zero-order valence-corrected chi connectivity index (χ0v) is 8.25. The van der Waals surface area contributed by atoms with Gasteiger partial charge < -0.3 is 10.6 Å². The van der Waals surface area contributed by atoms with Crippen LogP contribution in [0.4, 0.5) is 0 Å². The summed E-state index contributed by atoms with van der Waals surface area (Å²) in [5, 5.41) is 1.25.